The van der Waals surface area contributed by atoms with E-state index in [1.54, 1.807) is 16.8 Å². The summed E-state index contributed by atoms with van der Waals surface area (Å²) in [6.45, 7) is 0.478. The lowest BCUT2D eigenvalue weighted by molar-refractivity contribution is 0.0399. The van der Waals surface area contributed by atoms with E-state index in [4.69, 9.17) is 10.5 Å². The van der Waals surface area contributed by atoms with Crippen LogP contribution in [0, 0.1) is 5.82 Å². The molecule has 0 radical (unpaired) electrons. The average Bonchev–Trinajstić information content (AvgIpc) is 3.46. The topological polar surface area (TPSA) is 116 Å². The first-order valence-electron chi connectivity index (χ1n) is 11.9. The first-order valence-corrected chi connectivity index (χ1v) is 11.9. The summed E-state index contributed by atoms with van der Waals surface area (Å²) >= 11 is 0. The van der Waals surface area contributed by atoms with E-state index in [0.29, 0.717) is 36.5 Å². The highest BCUT2D eigenvalue weighted by atomic mass is 19.1. The molecule has 0 aliphatic heterocycles. The number of nitrogens with one attached hydrogen (secondary N) is 1. The number of ether oxygens (including phenoxy) is 1. The summed E-state index contributed by atoms with van der Waals surface area (Å²) in [6.07, 6.45) is 6.39. The van der Waals surface area contributed by atoms with Gasteiger partial charge in [0.1, 0.15) is 23.8 Å². The predicted molar refractivity (Wildman–Crippen MR) is 134 cm³/mol. The van der Waals surface area contributed by atoms with Gasteiger partial charge in [0, 0.05) is 35.8 Å². The zero-order valence-electron chi connectivity index (χ0n) is 19.5. The van der Waals surface area contributed by atoms with Crippen LogP contribution in [0.4, 0.5) is 15.9 Å². The summed E-state index contributed by atoms with van der Waals surface area (Å²) in [7, 11) is 0. The Morgan fingerprint density at radius 3 is 2.92 bits per heavy atom. The Hall–Kier alpha value is -4.02. The number of anilines is 2. The standard InChI is InChI=1S/C26H26FN7O2/c27-18-3-1-2-16(10-18)14-34-22-7-4-19(11-17(22)13-30-34)32-26-25-24(8-9-33(25)31-15-29-26)36-20-5-6-21(28)23(35)12-20/h1-4,7-11,13,15,20-21,23,35H,5-6,12,14,28H2,(H,29,31,32)/t20-,21-,23-/m0/s1. The summed E-state index contributed by atoms with van der Waals surface area (Å²) < 4.78 is 23.4. The second kappa shape index (κ2) is 9.21. The van der Waals surface area contributed by atoms with E-state index in [0.717, 1.165) is 28.6 Å². The fourth-order valence-electron chi connectivity index (χ4n) is 4.77. The molecule has 9 nitrogen and oxygen atoms in total. The van der Waals surface area contributed by atoms with Crippen molar-refractivity contribution in [1.29, 1.82) is 0 Å². The zero-order chi connectivity index (χ0) is 24.6. The Bertz CT molecular complexity index is 1530. The fraction of sp³-hybridized carbons (Fsp3) is 0.269. The second-order valence-corrected chi connectivity index (χ2v) is 9.20. The number of halogens is 1. The van der Waals surface area contributed by atoms with Crippen molar-refractivity contribution in [1.82, 2.24) is 24.4 Å². The maximum absolute atomic E-state index is 13.6. The number of hydrogen-bond acceptors (Lipinski definition) is 7. The Labute approximate surface area is 206 Å². The molecule has 1 aliphatic rings. The maximum atomic E-state index is 13.6. The molecule has 3 heterocycles. The van der Waals surface area contributed by atoms with Crippen LogP contribution in [0.25, 0.3) is 16.4 Å². The smallest absolute Gasteiger partial charge is 0.162 e. The molecule has 36 heavy (non-hydrogen) atoms. The van der Waals surface area contributed by atoms with Gasteiger partial charge in [0.15, 0.2) is 11.6 Å². The molecular formula is C26H26FN7O2. The molecule has 1 fully saturated rings. The molecule has 0 saturated heterocycles. The third kappa shape index (κ3) is 4.36. The van der Waals surface area contributed by atoms with Gasteiger partial charge >= 0.3 is 0 Å². The highest BCUT2D eigenvalue weighted by Crippen LogP contribution is 2.32. The number of nitrogens with zero attached hydrogens (tertiary/aromatic N) is 5. The van der Waals surface area contributed by atoms with Crippen LogP contribution in [0.5, 0.6) is 5.75 Å². The molecule has 3 atom stereocenters. The van der Waals surface area contributed by atoms with Gasteiger partial charge < -0.3 is 20.9 Å². The minimum atomic E-state index is -0.569. The number of aromatic nitrogens is 5. The third-order valence-electron chi connectivity index (χ3n) is 6.66. The van der Waals surface area contributed by atoms with Gasteiger partial charge in [0.25, 0.3) is 0 Å². The van der Waals surface area contributed by atoms with E-state index >= 15 is 0 Å². The Morgan fingerprint density at radius 1 is 1.14 bits per heavy atom. The quantitative estimate of drug-likeness (QED) is 0.335. The van der Waals surface area contributed by atoms with Crippen LogP contribution in [-0.2, 0) is 6.54 Å². The number of benzene rings is 2. The zero-order valence-corrected chi connectivity index (χ0v) is 19.5. The van der Waals surface area contributed by atoms with E-state index < -0.39 is 6.10 Å². The summed E-state index contributed by atoms with van der Waals surface area (Å²) in [5.74, 6) is 0.989. The molecule has 5 aromatic rings. The first-order chi connectivity index (χ1) is 17.5. The van der Waals surface area contributed by atoms with Gasteiger partial charge in [-0.2, -0.15) is 10.2 Å². The monoisotopic (exact) mass is 487 g/mol. The van der Waals surface area contributed by atoms with E-state index in [1.807, 2.05) is 41.2 Å². The maximum Gasteiger partial charge on any atom is 0.162 e. The molecule has 0 unspecified atom stereocenters. The van der Waals surface area contributed by atoms with Crippen LogP contribution < -0.4 is 15.8 Å². The molecule has 1 aliphatic carbocycles. The number of rotatable bonds is 6. The largest absolute Gasteiger partial charge is 0.488 e. The van der Waals surface area contributed by atoms with Crippen molar-refractivity contribution in [2.24, 2.45) is 5.73 Å². The number of aliphatic hydroxyl groups excluding tert-OH is 1. The minimum Gasteiger partial charge on any atom is -0.488 e. The average molecular weight is 488 g/mol. The van der Waals surface area contributed by atoms with Gasteiger partial charge in [-0.15, -0.1) is 0 Å². The van der Waals surface area contributed by atoms with Gasteiger partial charge in [0.05, 0.1) is 24.4 Å². The molecule has 3 aromatic heterocycles. The van der Waals surface area contributed by atoms with E-state index in [1.165, 1.54) is 18.5 Å². The SMILES string of the molecule is N[C@H]1CC[C@H](Oc2ccn3ncnc(Nc4ccc5c(cnn5Cc5cccc(F)c5)c4)c23)C[C@@H]1O. The molecule has 0 bridgehead atoms. The second-order valence-electron chi connectivity index (χ2n) is 9.20. The van der Waals surface area contributed by atoms with Crippen LogP contribution >= 0.6 is 0 Å². The fourth-order valence-corrected chi connectivity index (χ4v) is 4.77. The van der Waals surface area contributed by atoms with Crippen LogP contribution in [0.15, 0.2) is 67.3 Å². The Balaban J connectivity index is 1.25. The number of fused-ring (bicyclic) bond motifs is 2. The molecule has 1 saturated carbocycles. The molecule has 184 valence electrons. The summed E-state index contributed by atoms with van der Waals surface area (Å²) in [5.41, 5.74) is 9.27. The molecule has 4 N–H and O–H groups in total. The molecule has 10 heteroatoms. The number of nitrogens with two attached hydrogens (primary N) is 1. The van der Waals surface area contributed by atoms with E-state index in [2.05, 4.69) is 20.5 Å². The van der Waals surface area contributed by atoms with Crippen molar-refractivity contribution in [3.05, 3.63) is 78.6 Å². The van der Waals surface area contributed by atoms with Gasteiger partial charge in [-0.25, -0.2) is 13.9 Å². The normalized spacial score (nSPS) is 20.1. The van der Waals surface area contributed by atoms with Crippen molar-refractivity contribution >= 4 is 27.9 Å². The van der Waals surface area contributed by atoms with Crippen LogP contribution in [0.1, 0.15) is 24.8 Å². The van der Waals surface area contributed by atoms with Crippen LogP contribution in [-0.4, -0.2) is 47.7 Å². The lowest BCUT2D eigenvalue weighted by atomic mass is 9.91. The Morgan fingerprint density at radius 2 is 2.06 bits per heavy atom. The molecule has 2 aromatic carbocycles. The van der Waals surface area contributed by atoms with Crippen LogP contribution in [0.3, 0.4) is 0 Å². The summed E-state index contributed by atoms with van der Waals surface area (Å²) in [4.78, 5) is 4.46. The minimum absolute atomic E-state index is 0.126. The first kappa shape index (κ1) is 22.4. The predicted octanol–water partition coefficient (Wildman–Crippen LogP) is 3.63. The molecular weight excluding hydrogens is 461 g/mol. The number of hydrogen-bond donors (Lipinski definition) is 3. The van der Waals surface area contributed by atoms with Crippen molar-refractivity contribution in [2.45, 2.75) is 44.1 Å². The highest BCUT2D eigenvalue weighted by Gasteiger charge is 2.28. The summed E-state index contributed by atoms with van der Waals surface area (Å²) in [5, 5.41) is 23.3. The molecule has 0 amide bonds. The lowest BCUT2D eigenvalue weighted by Crippen LogP contribution is -2.43. The van der Waals surface area contributed by atoms with Crippen molar-refractivity contribution in [3.63, 3.8) is 0 Å². The van der Waals surface area contributed by atoms with Crippen molar-refractivity contribution < 1.29 is 14.2 Å². The molecule has 6 rings (SSSR count). The van der Waals surface area contributed by atoms with Gasteiger partial charge in [-0.1, -0.05) is 12.1 Å². The van der Waals surface area contributed by atoms with E-state index in [9.17, 15) is 9.50 Å². The lowest BCUT2D eigenvalue weighted by Gasteiger charge is -2.30. The van der Waals surface area contributed by atoms with E-state index in [-0.39, 0.29) is 18.0 Å². The van der Waals surface area contributed by atoms with Gasteiger partial charge in [0.2, 0.25) is 0 Å². The van der Waals surface area contributed by atoms with Crippen LogP contribution in [0.2, 0.25) is 0 Å². The number of aliphatic hydroxyl groups is 1. The Kier molecular flexibility index (Phi) is 5.74. The molecule has 0 spiro atoms. The third-order valence-corrected chi connectivity index (χ3v) is 6.66. The summed E-state index contributed by atoms with van der Waals surface area (Å²) in [6, 6.07) is 14.1. The van der Waals surface area contributed by atoms with Crippen molar-refractivity contribution in [2.75, 3.05) is 5.32 Å². The van der Waals surface area contributed by atoms with Gasteiger partial charge in [-0.05, 0) is 48.7 Å². The van der Waals surface area contributed by atoms with Crippen molar-refractivity contribution in [3.8, 4) is 5.75 Å². The highest BCUT2D eigenvalue weighted by molar-refractivity contribution is 5.86. The van der Waals surface area contributed by atoms with Gasteiger partial charge in [-0.3, -0.25) is 4.68 Å².